The van der Waals surface area contributed by atoms with Gasteiger partial charge in [0.05, 0.1) is 26.4 Å². The molecule has 0 heterocycles. The predicted molar refractivity (Wildman–Crippen MR) is 92.2 cm³/mol. The lowest BCUT2D eigenvalue weighted by molar-refractivity contribution is -0.394. The summed E-state index contributed by atoms with van der Waals surface area (Å²) in [5, 5.41) is 32.7. The number of esters is 1. The van der Waals surface area contributed by atoms with Crippen molar-refractivity contribution in [2.75, 3.05) is 6.61 Å². The maximum atomic E-state index is 12.2. The van der Waals surface area contributed by atoms with Gasteiger partial charge in [-0.2, -0.15) is 0 Å². The maximum Gasteiger partial charge on any atom is 0.339 e. The van der Waals surface area contributed by atoms with Crippen molar-refractivity contribution in [3.63, 3.8) is 0 Å². The fourth-order valence-electron chi connectivity index (χ4n) is 2.28. The summed E-state index contributed by atoms with van der Waals surface area (Å²) in [6, 6.07) is 6.25. The van der Waals surface area contributed by atoms with Crippen LogP contribution in [0.15, 0.2) is 36.4 Å². The van der Waals surface area contributed by atoms with Crippen molar-refractivity contribution in [2.24, 2.45) is 0 Å². The van der Waals surface area contributed by atoms with E-state index in [4.69, 9.17) is 4.74 Å². The number of rotatable bonds is 7. The van der Waals surface area contributed by atoms with Crippen LogP contribution in [-0.4, -0.2) is 33.1 Å². The van der Waals surface area contributed by atoms with Crippen LogP contribution in [0.25, 0.3) is 0 Å². The zero-order valence-electron chi connectivity index (χ0n) is 14.2. The van der Waals surface area contributed by atoms with Crippen molar-refractivity contribution in [1.82, 2.24) is 0 Å². The first-order valence-corrected chi connectivity index (χ1v) is 7.50. The lowest BCUT2D eigenvalue weighted by Gasteiger charge is -2.07. The third-order valence-electron chi connectivity index (χ3n) is 3.71. The number of nitrogens with zero attached hydrogens (tertiary/aromatic N) is 3. The third kappa shape index (κ3) is 4.30. The highest BCUT2D eigenvalue weighted by atomic mass is 16.6. The zero-order valence-corrected chi connectivity index (χ0v) is 14.2. The summed E-state index contributed by atoms with van der Waals surface area (Å²) in [5.41, 5.74) is -2.34. The number of Topliss-reactive ketones (excluding diaryl/α,β-unsaturated/α-hetero) is 1. The first-order valence-electron chi connectivity index (χ1n) is 7.50. The Bertz CT molecular complexity index is 1020. The van der Waals surface area contributed by atoms with Crippen molar-refractivity contribution in [3.05, 3.63) is 83.4 Å². The van der Waals surface area contributed by atoms with Crippen LogP contribution in [0.4, 0.5) is 17.1 Å². The number of carbonyl (C=O) groups excluding carboxylic acids is 2. The number of carbonyl (C=O) groups is 2. The second-order valence-electron chi connectivity index (χ2n) is 5.46. The number of nitro groups is 3. The Morgan fingerprint density at radius 2 is 1.57 bits per heavy atom. The number of hydrogen-bond donors (Lipinski definition) is 0. The fraction of sp³-hybridized carbons (Fsp3) is 0.125. The van der Waals surface area contributed by atoms with Crippen LogP contribution < -0.4 is 0 Å². The average Bonchev–Trinajstić information content (AvgIpc) is 2.65. The smallest absolute Gasteiger partial charge is 0.339 e. The van der Waals surface area contributed by atoms with E-state index in [2.05, 4.69) is 0 Å². The monoisotopic (exact) mass is 389 g/mol. The lowest BCUT2D eigenvalue weighted by atomic mass is 10.1. The van der Waals surface area contributed by atoms with Gasteiger partial charge in [0, 0.05) is 29.3 Å². The van der Waals surface area contributed by atoms with Crippen LogP contribution in [0.2, 0.25) is 0 Å². The van der Waals surface area contributed by atoms with E-state index in [1.54, 1.807) is 0 Å². The molecule has 0 saturated heterocycles. The molecule has 0 fully saturated rings. The molecular formula is C16H11N3O9. The summed E-state index contributed by atoms with van der Waals surface area (Å²) < 4.78 is 4.79. The molecule has 144 valence electrons. The van der Waals surface area contributed by atoms with Crippen LogP contribution in [0.1, 0.15) is 26.3 Å². The lowest BCUT2D eigenvalue weighted by Crippen LogP contribution is -2.16. The third-order valence-corrected chi connectivity index (χ3v) is 3.71. The molecule has 0 saturated carbocycles. The predicted octanol–water partition coefficient (Wildman–Crippen LogP) is 2.76. The van der Waals surface area contributed by atoms with Crippen LogP contribution in [0.5, 0.6) is 0 Å². The highest BCUT2D eigenvalue weighted by molar-refractivity contribution is 6.00. The summed E-state index contributed by atoms with van der Waals surface area (Å²) in [5.74, 6) is -1.93. The minimum Gasteiger partial charge on any atom is -0.454 e. The van der Waals surface area contributed by atoms with Crippen LogP contribution in [-0.2, 0) is 4.74 Å². The van der Waals surface area contributed by atoms with E-state index in [0.29, 0.717) is 6.07 Å². The van der Waals surface area contributed by atoms with Crippen molar-refractivity contribution < 1.29 is 29.1 Å². The molecule has 0 aliphatic carbocycles. The molecule has 0 aromatic heterocycles. The molecule has 0 radical (unpaired) electrons. The molecule has 2 aromatic rings. The van der Waals surface area contributed by atoms with Crippen LogP contribution in [0, 0.1) is 37.3 Å². The maximum absolute atomic E-state index is 12.2. The Morgan fingerprint density at radius 1 is 0.929 bits per heavy atom. The van der Waals surface area contributed by atoms with Gasteiger partial charge >= 0.3 is 5.97 Å². The van der Waals surface area contributed by atoms with Gasteiger partial charge < -0.3 is 4.74 Å². The first kappa shape index (κ1) is 20.1. The SMILES string of the molecule is Cc1c(C(=O)OCC(=O)c2cccc([N+](=O)[O-])c2)cc([N+](=O)[O-])cc1[N+](=O)[O-]. The van der Waals surface area contributed by atoms with Crippen molar-refractivity contribution >= 4 is 28.8 Å². The fourth-order valence-corrected chi connectivity index (χ4v) is 2.28. The first-order chi connectivity index (χ1) is 13.1. The molecule has 0 amide bonds. The molecule has 28 heavy (non-hydrogen) atoms. The van der Waals surface area contributed by atoms with Gasteiger partial charge in [0.1, 0.15) is 0 Å². The van der Waals surface area contributed by atoms with E-state index in [1.807, 2.05) is 0 Å². The Balaban J connectivity index is 2.24. The van der Waals surface area contributed by atoms with E-state index in [9.17, 15) is 39.9 Å². The Morgan fingerprint density at radius 3 is 2.14 bits per heavy atom. The second-order valence-corrected chi connectivity index (χ2v) is 5.46. The topological polar surface area (TPSA) is 173 Å². The van der Waals surface area contributed by atoms with Crippen molar-refractivity contribution in [1.29, 1.82) is 0 Å². The van der Waals surface area contributed by atoms with Gasteiger partial charge in [-0.15, -0.1) is 0 Å². The number of ether oxygens (including phenoxy) is 1. The summed E-state index contributed by atoms with van der Waals surface area (Å²) >= 11 is 0. The van der Waals surface area contributed by atoms with E-state index >= 15 is 0 Å². The number of ketones is 1. The van der Waals surface area contributed by atoms with Gasteiger partial charge in [-0.1, -0.05) is 12.1 Å². The minimum atomic E-state index is -1.18. The number of hydrogen-bond acceptors (Lipinski definition) is 9. The highest BCUT2D eigenvalue weighted by Crippen LogP contribution is 2.28. The van der Waals surface area contributed by atoms with Gasteiger partial charge in [-0.25, -0.2) is 4.79 Å². The van der Waals surface area contributed by atoms with Crippen molar-refractivity contribution in [3.8, 4) is 0 Å². The van der Waals surface area contributed by atoms with Gasteiger partial charge in [0.15, 0.2) is 6.61 Å². The zero-order chi connectivity index (χ0) is 21.0. The van der Waals surface area contributed by atoms with Crippen LogP contribution in [0.3, 0.4) is 0 Å². The van der Waals surface area contributed by atoms with Gasteiger partial charge in [-0.3, -0.25) is 35.1 Å². The van der Waals surface area contributed by atoms with Gasteiger partial charge in [-0.05, 0) is 6.92 Å². The Hall–Kier alpha value is -4.22. The molecule has 12 nitrogen and oxygen atoms in total. The molecule has 2 aromatic carbocycles. The molecular weight excluding hydrogens is 378 g/mol. The standard InChI is InChI=1S/C16H11N3O9/c1-9-13(6-12(18(24)25)7-14(9)19(26)27)16(21)28-8-15(20)10-3-2-4-11(5-10)17(22)23/h2-7H,8H2,1H3. The summed E-state index contributed by atoms with van der Waals surface area (Å²) in [4.78, 5) is 54.5. The number of benzene rings is 2. The normalized spacial score (nSPS) is 10.2. The molecule has 2 rings (SSSR count). The minimum absolute atomic E-state index is 0.0799. The summed E-state index contributed by atoms with van der Waals surface area (Å²) in [6.45, 7) is 0.400. The van der Waals surface area contributed by atoms with E-state index in [1.165, 1.54) is 25.1 Å². The van der Waals surface area contributed by atoms with Gasteiger partial charge in [0.25, 0.3) is 17.1 Å². The number of non-ortho nitro benzene ring substituents is 2. The largest absolute Gasteiger partial charge is 0.454 e. The quantitative estimate of drug-likeness (QED) is 0.298. The summed E-state index contributed by atoms with van der Waals surface area (Å²) in [6.07, 6.45) is 0. The molecule has 0 atom stereocenters. The molecule has 0 unspecified atom stereocenters. The van der Waals surface area contributed by atoms with Crippen LogP contribution >= 0.6 is 0 Å². The van der Waals surface area contributed by atoms with Gasteiger partial charge in [0.2, 0.25) is 5.78 Å². The molecule has 0 bridgehead atoms. The molecule has 12 heteroatoms. The van der Waals surface area contributed by atoms with E-state index in [0.717, 1.165) is 12.1 Å². The highest BCUT2D eigenvalue weighted by Gasteiger charge is 2.26. The Labute approximate surface area is 155 Å². The second kappa shape index (κ2) is 7.99. The summed E-state index contributed by atoms with van der Waals surface area (Å²) in [7, 11) is 0. The molecule has 0 spiro atoms. The van der Waals surface area contributed by atoms with E-state index < -0.39 is 50.1 Å². The average molecular weight is 389 g/mol. The molecule has 0 aliphatic rings. The van der Waals surface area contributed by atoms with E-state index in [-0.39, 0.29) is 16.8 Å². The number of nitro benzene ring substituents is 3. The molecule has 0 aliphatic heterocycles. The van der Waals surface area contributed by atoms with Crippen molar-refractivity contribution in [2.45, 2.75) is 6.92 Å². The molecule has 0 N–H and O–H groups in total. The Kier molecular flexibility index (Phi) is 5.73.